The third kappa shape index (κ3) is 3.51. The van der Waals surface area contributed by atoms with E-state index in [4.69, 9.17) is 27.9 Å². The lowest BCUT2D eigenvalue weighted by molar-refractivity contribution is -0.111. The molecule has 0 radical (unpaired) electrons. The lowest BCUT2D eigenvalue weighted by Gasteiger charge is -2.11. The Morgan fingerprint density at radius 2 is 1.56 bits per heavy atom. The highest BCUT2D eigenvalue weighted by molar-refractivity contribution is 6.64. The zero-order chi connectivity index (χ0) is 12.1. The topological polar surface area (TPSA) is 43.4 Å². The molecular formula is C11H10Cl2O3. The van der Waals surface area contributed by atoms with Gasteiger partial charge in [-0.15, -0.1) is 0 Å². The maximum atomic E-state index is 10.8. The minimum atomic E-state index is -0.479. The van der Waals surface area contributed by atoms with Crippen LogP contribution in [-0.2, 0) is 22.4 Å². The Labute approximate surface area is 103 Å². The van der Waals surface area contributed by atoms with Gasteiger partial charge in [0.25, 0.3) is 0 Å². The molecule has 0 aromatic heterocycles. The van der Waals surface area contributed by atoms with E-state index in [0.29, 0.717) is 16.9 Å². The van der Waals surface area contributed by atoms with Gasteiger partial charge in [0.05, 0.1) is 20.0 Å². The second-order valence-electron chi connectivity index (χ2n) is 3.17. The van der Waals surface area contributed by atoms with E-state index >= 15 is 0 Å². The molecule has 16 heavy (non-hydrogen) atoms. The zero-order valence-corrected chi connectivity index (χ0v) is 10.1. The van der Waals surface area contributed by atoms with E-state index in [2.05, 4.69) is 0 Å². The average molecular weight is 261 g/mol. The molecule has 0 amide bonds. The maximum absolute atomic E-state index is 10.8. The molecule has 0 unspecified atom stereocenters. The Hall–Kier alpha value is -1.06. The van der Waals surface area contributed by atoms with Crippen LogP contribution in [0.25, 0.3) is 0 Å². The summed E-state index contributed by atoms with van der Waals surface area (Å²) in [5.74, 6) is 0.491. The van der Waals surface area contributed by atoms with Crippen molar-refractivity contribution in [3.63, 3.8) is 0 Å². The van der Waals surface area contributed by atoms with E-state index in [-0.39, 0.29) is 12.8 Å². The van der Waals surface area contributed by atoms with Crippen LogP contribution in [0.4, 0.5) is 0 Å². The van der Waals surface area contributed by atoms with Crippen molar-refractivity contribution >= 4 is 33.7 Å². The quantitative estimate of drug-likeness (QED) is 0.764. The fourth-order valence-corrected chi connectivity index (χ4v) is 1.77. The van der Waals surface area contributed by atoms with Crippen LogP contribution < -0.4 is 4.74 Å². The molecule has 0 N–H and O–H groups in total. The van der Waals surface area contributed by atoms with Crippen molar-refractivity contribution in [2.75, 3.05) is 7.11 Å². The first kappa shape index (κ1) is 13.0. The summed E-state index contributed by atoms with van der Waals surface area (Å²) in [7, 11) is 1.47. The van der Waals surface area contributed by atoms with Gasteiger partial charge in [-0.05, 0) is 23.2 Å². The molecule has 0 fully saturated rings. The molecule has 0 aliphatic heterocycles. The molecular weight excluding hydrogens is 251 g/mol. The summed E-state index contributed by atoms with van der Waals surface area (Å²) < 4.78 is 5.16. The number of para-hydroxylation sites is 1. The second-order valence-corrected chi connectivity index (χ2v) is 4.02. The lowest BCUT2D eigenvalue weighted by atomic mass is 10.0. The average Bonchev–Trinajstić information content (AvgIpc) is 2.16. The van der Waals surface area contributed by atoms with Gasteiger partial charge in [0.1, 0.15) is 5.75 Å². The molecule has 3 nitrogen and oxygen atoms in total. The third-order valence-corrected chi connectivity index (χ3v) is 2.31. The standard InChI is InChI=1S/C11H10Cl2O3/c1-16-11-7(5-9(12)14)3-2-4-8(11)6-10(13)15/h2-4H,5-6H2,1H3. The van der Waals surface area contributed by atoms with Crippen LogP contribution in [0.1, 0.15) is 11.1 Å². The Balaban J connectivity index is 3.09. The fourth-order valence-electron chi connectivity index (χ4n) is 1.48. The molecule has 1 aromatic carbocycles. The molecule has 5 heteroatoms. The first-order valence-electron chi connectivity index (χ1n) is 4.56. The van der Waals surface area contributed by atoms with Crippen LogP contribution in [0.5, 0.6) is 5.75 Å². The van der Waals surface area contributed by atoms with Crippen molar-refractivity contribution in [1.29, 1.82) is 0 Å². The number of ether oxygens (including phenoxy) is 1. The van der Waals surface area contributed by atoms with E-state index < -0.39 is 10.5 Å². The van der Waals surface area contributed by atoms with Crippen LogP contribution >= 0.6 is 23.2 Å². The first-order chi connectivity index (χ1) is 7.54. The highest BCUT2D eigenvalue weighted by atomic mass is 35.5. The van der Waals surface area contributed by atoms with E-state index in [9.17, 15) is 9.59 Å². The summed E-state index contributed by atoms with van der Waals surface area (Å²) >= 11 is 10.6. The van der Waals surface area contributed by atoms with Crippen molar-refractivity contribution in [3.8, 4) is 5.75 Å². The normalized spacial score (nSPS) is 9.94. The molecule has 0 saturated carbocycles. The summed E-state index contributed by atoms with van der Waals surface area (Å²) in [6, 6.07) is 5.18. The van der Waals surface area contributed by atoms with Crippen molar-refractivity contribution in [1.82, 2.24) is 0 Å². The van der Waals surface area contributed by atoms with Gasteiger partial charge >= 0.3 is 0 Å². The van der Waals surface area contributed by atoms with Crippen LogP contribution in [0, 0.1) is 0 Å². The highest BCUT2D eigenvalue weighted by Gasteiger charge is 2.12. The van der Waals surface area contributed by atoms with Crippen LogP contribution in [-0.4, -0.2) is 17.6 Å². The van der Waals surface area contributed by atoms with Gasteiger partial charge in [-0.3, -0.25) is 9.59 Å². The second kappa shape index (κ2) is 5.87. The number of carbonyl (C=O) groups is 2. The van der Waals surface area contributed by atoms with Crippen LogP contribution in [0.3, 0.4) is 0 Å². The van der Waals surface area contributed by atoms with Gasteiger partial charge < -0.3 is 4.74 Å². The summed E-state index contributed by atoms with van der Waals surface area (Å²) in [6.45, 7) is 0. The third-order valence-electron chi connectivity index (χ3n) is 2.04. The van der Waals surface area contributed by atoms with Crippen molar-refractivity contribution < 1.29 is 14.3 Å². The summed E-state index contributed by atoms with van der Waals surface area (Å²) in [5, 5.41) is -0.958. The summed E-state index contributed by atoms with van der Waals surface area (Å²) in [5.41, 5.74) is 1.30. The number of hydrogen-bond acceptors (Lipinski definition) is 3. The maximum Gasteiger partial charge on any atom is 0.226 e. The molecule has 86 valence electrons. The Bertz CT molecular complexity index is 381. The van der Waals surface area contributed by atoms with Gasteiger partial charge in [-0.1, -0.05) is 18.2 Å². The van der Waals surface area contributed by atoms with Gasteiger partial charge in [0, 0.05) is 11.1 Å². The SMILES string of the molecule is COc1c(CC(=O)Cl)cccc1CC(=O)Cl. The summed E-state index contributed by atoms with van der Waals surface area (Å²) in [4.78, 5) is 21.7. The van der Waals surface area contributed by atoms with E-state index in [0.717, 1.165) is 0 Å². The number of rotatable bonds is 5. The van der Waals surface area contributed by atoms with Crippen molar-refractivity contribution in [3.05, 3.63) is 29.3 Å². The van der Waals surface area contributed by atoms with Gasteiger partial charge in [0.2, 0.25) is 10.5 Å². The molecule has 0 bridgehead atoms. The smallest absolute Gasteiger partial charge is 0.226 e. The Kier molecular flexibility index (Phi) is 4.77. The molecule has 0 aliphatic rings. The molecule has 0 spiro atoms. The Morgan fingerprint density at radius 3 is 1.88 bits per heavy atom. The molecule has 1 rings (SSSR count). The molecule has 1 aromatic rings. The highest BCUT2D eigenvalue weighted by Crippen LogP contribution is 2.25. The first-order valence-corrected chi connectivity index (χ1v) is 5.31. The van der Waals surface area contributed by atoms with E-state index in [1.807, 2.05) is 0 Å². The minimum absolute atomic E-state index is 0.0645. The lowest BCUT2D eigenvalue weighted by Crippen LogP contribution is -2.03. The monoisotopic (exact) mass is 260 g/mol. The minimum Gasteiger partial charge on any atom is -0.496 e. The van der Waals surface area contributed by atoms with Crippen molar-refractivity contribution in [2.45, 2.75) is 12.8 Å². The van der Waals surface area contributed by atoms with Gasteiger partial charge in [0.15, 0.2) is 0 Å². The molecule has 0 heterocycles. The fraction of sp³-hybridized carbons (Fsp3) is 0.273. The molecule has 0 saturated heterocycles. The predicted octanol–water partition coefficient (Wildman–Crippen LogP) is 2.31. The number of methoxy groups -OCH3 is 1. The van der Waals surface area contributed by atoms with E-state index in [1.54, 1.807) is 18.2 Å². The molecule has 0 atom stereocenters. The van der Waals surface area contributed by atoms with Crippen LogP contribution in [0.15, 0.2) is 18.2 Å². The number of benzene rings is 1. The van der Waals surface area contributed by atoms with Crippen LogP contribution in [0.2, 0.25) is 0 Å². The predicted molar refractivity (Wildman–Crippen MR) is 62.1 cm³/mol. The van der Waals surface area contributed by atoms with Gasteiger partial charge in [-0.25, -0.2) is 0 Å². The van der Waals surface area contributed by atoms with Gasteiger partial charge in [-0.2, -0.15) is 0 Å². The number of carbonyl (C=O) groups excluding carboxylic acids is 2. The van der Waals surface area contributed by atoms with Crippen molar-refractivity contribution in [2.24, 2.45) is 0 Å². The summed E-state index contributed by atoms with van der Waals surface area (Å²) in [6.07, 6.45) is 0.129. The number of hydrogen-bond donors (Lipinski definition) is 0. The Morgan fingerprint density at radius 1 is 1.12 bits per heavy atom. The number of halogens is 2. The largest absolute Gasteiger partial charge is 0.496 e. The zero-order valence-electron chi connectivity index (χ0n) is 8.63. The molecule has 0 aliphatic carbocycles. The van der Waals surface area contributed by atoms with E-state index in [1.165, 1.54) is 7.11 Å².